The third kappa shape index (κ3) is 2.93. The Bertz CT molecular complexity index is 87.3. The summed E-state index contributed by atoms with van der Waals surface area (Å²) in [5.41, 5.74) is 0.494. The van der Waals surface area contributed by atoms with Crippen molar-refractivity contribution in [2.75, 3.05) is 6.61 Å². The second-order valence-corrected chi connectivity index (χ2v) is 4.72. The molecule has 0 aromatic rings. The lowest BCUT2D eigenvalue weighted by Crippen LogP contribution is -2.17. The molecule has 0 spiro atoms. The molecule has 2 heteroatoms. The fourth-order valence-electron chi connectivity index (χ4n) is 1.12. The summed E-state index contributed by atoms with van der Waals surface area (Å²) in [6.07, 6.45) is 3.86. The van der Waals surface area contributed by atoms with Crippen LogP contribution in [0.4, 0.5) is 0 Å². The van der Waals surface area contributed by atoms with E-state index in [1.165, 1.54) is 19.3 Å². The summed E-state index contributed by atoms with van der Waals surface area (Å²) >= 11 is 1.95. The molecule has 1 fully saturated rings. The number of ether oxygens (including phenoxy) is 1. The molecule has 60 valence electrons. The second-order valence-electron chi connectivity index (χ2n) is 2.98. The second kappa shape index (κ2) is 4.24. The first-order valence-corrected chi connectivity index (χ1v) is 5.00. The number of hydrogen-bond donors (Lipinski definition) is 0. The summed E-state index contributed by atoms with van der Waals surface area (Å²) in [7, 11) is 0. The van der Waals surface area contributed by atoms with Crippen LogP contribution in [0.2, 0.25) is 0 Å². The Balaban J connectivity index is 2.13. The summed E-state index contributed by atoms with van der Waals surface area (Å²) in [5, 5.41) is 0.711. The number of hydrogen-bond acceptors (Lipinski definition) is 2. The van der Waals surface area contributed by atoms with Gasteiger partial charge in [-0.25, -0.2) is 0 Å². The standard InChI is InChI=1S/C8H16OS/c1-7(2)10-8-5-3-4-6-9-8/h7-8H,3-6H2,1-2H3. The Morgan fingerprint density at radius 2 is 2.20 bits per heavy atom. The molecular formula is C8H16OS. The van der Waals surface area contributed by atoms with Crippen LogP contribution in [0.5, 0.6) is 0 Å². The highest BCUT2D eigenvalue weighted by Crippen LogP contribution is 2.26. The fourth-order valence-corrected chi connectivity index (χ4v) is 2.21. The zero-order valence-corrected chi connectivity index (χ0v) is 7.62. The Morgan fingerprint density at radius 1 is 1.40 bits per heavy atom. The van der Waals surface area contributed by atoms with Crippen LogP contribution in [-0.4, -0.2) is 17.3 Å². The molecule has 1 atom stereocenters. The molecule has 0 N–H and O–H groups in total. The Morgan fingerprint density at radius 3 is 2.70 bits per heavy atom. The summed E-state index contributed by atoms with van der Waals surface area (Å²) in [6.45, 7) is 5.43. The maximum absolute atomic E-state index is 5.55. The van der Waals surface area contributed by atoms with E-state index in [-0.39, 0.29) is 0 Å². The topological polar surface area (TPSA) is 9.23 Å². The minimum Gasteiger partial charge on any atom is -0.368 e. The van der Waals surface area contributed by atoms with Crippen LogP contribution in [0.15, 0.2) is 0 Å². The van der Waals surface area contributed by atoms with Crippen molar-refractivity contribution in [2.24, 2.45) is 0 Å². The van der Waals surface area contributed by atoms with Gasteiger partial charge in [0.15, 0.2) is 0 Å². The van der Waals surface area contributed by atoms with Crippen LogP contribution in [0.25, 0.3) is 0 Å². The molecule has 1 heterocycles. The molecule has 1 aliphatic heterocycles. The van der Waals surface area contributed by atoms with Crippen LogP contribution in [0.3, 0.4) is 0 Å². The van der Waals surface area contributed by atoms with Gasteiger partial charge in [0.2, 0.25) is 0 Å². The third-order valence-electron chi connectivity index (χ3n) is 1.56. The van der Waals surface area contributed by atoms with Gasteiger partial charge in [0, 0.05) is 11.9 Å². The highest BCUT2D eigenvalue weighted by molar-refractivity contribution is 8.00. The van der Waals surface area contributed by atoms with Crippen molar-refractivity contribution in [3.05, 3.63) is 0 Å². The van der Waals surface area contributed by atoms with Crippen molar-refractivity contribution in [1.29, 1.82) is 0 Å². The molecule has 1 aliphatic rings. The molecule has 0 aliphatic carbocycles. The van der Waals surface area contributed by atoms with E-state index in [1.807, 2.05) is 11.8 Å². The molecule has 0 bridgehead atoms. The average molecular weight is 160 g/mol. The van der Waals surface area contributed by atoms with Gasteiger partial charge in [0.25, 0.3) is 0 Å². The zero-order valence-electron chi connectivity index (χ0n) is 6.80. The molecule has 0 amide bonds. The Hall–Kier alpha value is 0.310. The molecule has 0 aromatic heterocycles. The summed E-state index contributed by atoms with van der Waals surface area (Å²) in [6, 6.07) is 0. The SMILES string of the molecule is CC(C)SC1CCCCO1. The molecule has 0 aromatic carbocycles. The van der Waals surface area contributed by atoms with Gasteiger partial charge < -0.3 is 4.74 Å². The van der Waals surface area contributed by atoms with Crippen molar-refractivity contribution in [1.82, 2.24) is 0 Å². The van der Waals surface area contributed by atoms with Crippen LogP contribution >= 0.6 is 11.8 Å². The Labute approximate surface area is 67.5 Å². The van der Waals surface area contributed by atoms with E-state index in [4.69, 9.17) is 4.74 Å². The smallest absolute Gasteiger partial charge is 0.103 e. The molecule has 1 nitrogen and oxygen atoms in total. The predicted octanol–water partition coefficient (Wildman–Crippen LogP) is 2.65. The summed E-state index contributed by atoms with van der Waals surface area (Å²) < 4.78 is 5.55. The monoisotopic (exact) mass is 160 g/mol. The van der Waals surface area contributed by atoms with Crippen LogP contribution in [0.1, 0.15) is 33.1 Å². The lowest BCUT2D eigenvalue weighted by atomic mass is 10.2. The largest absolute Gasteiger partial charge is 0.368 e. The van der Waals surface area contributed by atoms with Gasteiger partial charge in [-0.2, -0.15) is 0 Å². The minimum absolute atomic E-state index is 0.494. The number of rotatable bonds is 2. The van der Waals surface area contributed by atoms with Crippen LogP contribution in [-0.2, 0) is 4.74 Å². The van der Waals surface area contributed by atoms with E-state index >= 15 is 0 Å². The van der Waals surface area contributed by atoms with Crippen molar-refractivity contribution in [3.63, 3.8) is 0 Å². The first-order chi connectivity index (χ1) is 4.79. The summed E-state index contributed by atoms with van der Waals surface area (Å²) in [5.74, 6) is 0. The minimum atomic E-state index is 0.494. The lowest BCUT2D eigenvalue weighted by molar-refractivity contribution is 0.0726. The molecular weight excluding hydrogens is 144 g/mol. The maximum Gasteiger partial charge on any atom is 0.103 e. The van der Waals surface area contributed by atoms with Gasteiger partial charge in [0.05, 0.1) is 0 Å². The maximum atomic E-state index is 5.55. The van der Waals surface area contributed by atoms with Crippen molar-refractivity contribution >= 4 is 11.8 Å². The van der Waals surface area contributed by atoms with Crippen LogP contribution in [0, 0.1) is 0 Å². The molecule has 10 heavy (non-hydrogen) atoms. The average Bonchev–Trinajstić information content (AvgIpc) is 1.88. The van der Waals surface area contributed by atoms with E-state index in [2.05, 4.69) is 13.8 Å². The zero-order chi connectivity index (χ0) is 7.40. The molecule has 0 radical (unpaired) electrons. The third-order valence-corrected chi connectivity index (χ3v) is 2.78. The van der Waals surface area contributed by atoms with Crippen molar-refractivity contribution < 1.29 is 4.74 Å². The highest BCUT2D eigenvalue weighted by Gasteiger charge is 2.14. The van der Waals surface area contributed by atoms with Gasteiger partial charge in [-0.05, 0) is 19.3 Å². The first kappa shape index (κ1) is 8.41. The molecule has 1 saturated heterocycles. The summed E-state index contributed by atoms with van der Waals surface area (Å²) in [4.78, 5) is 0. The Kier molecular flexibility index (Phi) is 3.57. The van der Waals surface area contributed by atoms with Crippen molar-refractivity contribution in [2.45, 2.75) is 43.8 Å². The van der Waals surface area contributed by atoms with Crippen molar-refractivity contribution in [3.8, 4) is 0 Å². The predicted molar refractivity (Wildman–Crippen MR) is 46.3 cm³/mol. The van der Waals surface area contributed by atoms with Gasteiger partial charge in [-0.15, -0.1) is 11.8 Å². The van der Waals surface area contributed by atoms with Gasteiger partial charge in [-0.3, -0.25) is 0 Å². The van der Waals surface area contributed by atoms with E-state index in [0.29, 0.717) is 10.7 Å². The normalized spacial score (nSPS) is 27.3. The highest BCUT2D eigenvalue weighted by atomic mass is 32.2. The van der Waals surface area contributed by atoms with E-state index in [1.54, 1.807) is 0 Å². The van der Waals surface area contributed by atoms with E-state index < -0.39 is 0 Å². The fraction of sp³-hybridized carbons (Fsp3) is 1.00. The number of thioether (sulfide) groups is 1. The molecule has 1 rings (SSSR count). The van der Waals surface area contributed by atoms with E-state index in [9.17, 15) is 0 Å². The lowest BCUT2D eigenvalue weighted by Gasteiger charge is -2.23. The molecule has 0 saturated carbocycles. The van der Waals surface area contributed by atoms with Gasteiger partial charge >= 0.3 is 0 Å². The quantitative estimate of drug-likeness (QED) is 0.614. The first-order valence-electron chi connectivity index (χ1n) is 4.06. The van der Waals surface area contributed by atoms with E-state index in [0.717, 1.165) is 6.61 Å². The van der Waals surface area contributed by atoms with Crippen LogP contribution < -0.4 is 0 Å². The van der Waals surface area contributed by atoms with Gasteiger partial charge in [0.1, 0.15) is 5.44 Å². The molecule has 1 unspecified atom stereocenters. The van der Waals surface area contributed by atoms with Gasteiger partial charge in [-0.1, -0.05) is 13.8 Å².